The van der Waals surface area contributed by atoms with E-state index in [9.17, 15) is 4.79 Å². The average molecular weight is 348 g/mol. The first kappa shape index (κ1) is 16.9. The number of carbonyl (C=O) groups is 1. The minimum atomic E-state index is 0.00505. The first-order valence-electron chi connectivity index (χ1n) is 8.27. The Morgan fingerprint density at radius 3 is 2.75 bits per heavy atom. The molecule has 3 heterocycles. The number of carbonyl (C=O) groups excluding carboxylic acids is 1. The summed E-state index contributed by atoms with van der Waals surface area (Å²) in [7, 11) is 0. The van der Waals surface area contributed by atoms with Gasteiger partial charge in [0.15, 0.2) is 0 Å². The van der Waals surface area contributed by atoms with E-state index in [0.717, 1.165) is 26.2 Å². The van der Waals surface area contributed by atoms with E-state index < -0.39 is 0 Å². The molecule has 1 saturated heterocycles. The zero-order valence-electron chi connectivity index (χ0n) is 14.1. The molecule has 7 nitrogen and oxygen atoms in total. The summed E-state index contributed by atoms with van der Waals surface area (Å²) in [5.74, 6) is 0. The van der Waals surface area contributed by atoms with Gasteiger partial charge in [-0.15, -0.1) is 0 Å². The van der Waals surface area contributed by atoms with Crippen LogP contribution < -0.4 is 5.32 Å². The number of thiophene rings is 1. The fourth-order valence-electron chi connectivity index (χ4n) is 2.99. The van der Waals surface area contributed by atoms with Crippen LogP contribution >= 0.6 is 11.3 Å². The van der Waals surface area contributed by atoms with Crippen LogP contribution in [0.5, 0.6) is 0 Å². The molecule has 1 N–H and O–H groups in total. The summed E-state index contributed by atoms with van der Waals surface area (Å²) in [6.07, 6.45) is 3.16. The van der Waals surface area contributed by atoms with Crippen molar-refractivity contribution < 1.29 is 4.79 Å². The number of piperazine rings is 1. The molecule has 0 aliphatic carbocycles. The number of nitrogens with zero attached hydrogens (tertiary/aromatic N) is 5. The van der Waals surface area contributed by atoms with Crippen molar-refractivity contribution >= 4 is 17.4 Å². The summed E-state index contributed by atoms with van der Waals surface area (Å²) in [6.45, 7) is 8.17. The second-order valence-electron chi connectivity index (χ2n) is 6.22. The van der Waals surface area contributed by atoms with Crippen molar-refractivity contribution in [1.82, 2.24) is 29.9 Å². The van der Waals surface area contributed by atoms with Gasteiger partial charge in [0, 0.05) is 38.3 Å². The second kappa shape index (κ2) is 7.76. The van der Waals surface area contributed by atoms with Gasteiger partial charge in [0.05, 0.1) is 6.54 Å². The average Bonchev–Trinajstić information content (AvgIpc) is 3.27. The maximum absolute atomic E-state index is 12.4. The van der Waals surface area contributed by atoms with E-state index in [1.807, 2.05) is 11.8 Å². The van der Waals surface area contributed by atoms with Crippen LogP contribution in [-0.4, -0.2) is 62.8 Å². The second-order valence-corrected chi connectivity index (χ2v) is 7.00. The summed E-state index contributed by atoms with van der Waals surface area (Å²) in [5.41, 5.74) is 1.36. The lowest BCUT2D eigenvalue weighted by Crippen LogP contribution is -2.53. The summed E-state index contributed by atoms with van der Waals surface area (Å²) < 4.78 is 1.73. The third-order valence-electron chi connectivity index (χ3n) is 4.47. The predicted molar refractivity (Wildman–Crippen MR) is 93.9 cm³/mol. The molecule has 24 heavy (non-hydrogen) atoms. The number of aromatic nitrogens is 3. The molecule has 8 heteroatoms. The van der Waals surface area contributed by atoms with Gasteiger partial charge in [0.1, 0.15) is 12.7 Å². The van der Waals surface area contributed by atoms with Crippen LogP contribution in [0.2, 0.25) is 0 Å². The first-order chi connectivity index (χ1) is 11.6. The van der Waals surface area contributed by atoms with Gasteiger partial charge in [-0.2, -0.15) is 16.4 Å². The SMILES string of the molecule is C[C@H](c1ccsc1)N1CCN(C(=O)N[C@@H](C)Cn2cncn2)CC1. The third-order valence-corrected chi connectivity index (χ3v) is 5.17. The third kappa shape index (κ3) is 4.12. The molecular weight excluding hydrogens is 324 g/mol. The van der Waals surface area contributed by atoms with Gasteiger partial charge in [-0.3, -0.25) is 9.58 Å². The Morgan fingerprint density at radius 2 is 2.12 bits per heavy atom. The van der Waals surface area contributed by atoms with Gasteiger partial charge >= 0.3 is 6.03 Å². The number of urea groups is 1. The maximum Gasteiger partial charge on any atom is 0.317 e. The molecule has 3 rings (SSSR count). The fourth-order valence-corrected chi connectivity index (χ4v) is 3.74. The Hall–Kier alpha value is -1.93. The fraction of sp³-hybridized carbons (Fsp3) is 0.562. The molecule has 2 amide bonds. The van der Waals surface area contributed by atoms with Gasteiger partial charge < -0.3 is 10.2 Å². The molecule has 1 fully saturated rings. The number of hydrogen-bond acceptors (Lipinski definition) is 5. The summed E-state index contributed by atoms with van der Waals surface area (Å²) in [5, 5.41) is 11.4. The van der Waals surface area contributed by atoms with Crippen molar-refractivity contribution in [3.05, 3.63) is 35.0 Å². The van der Waals surface area contributed by atoms with E-state index >= 15 is 0 Å². The van der Waals surface area contributed by atoms with Crippen LogP contribution in [0.25, 0.3) is 0 Å². The van der Waals surface area contributed by atoms with Crippen LogP contribution in [0, 0.1) is 0 Å². The van der Waals surface area contributed by atoms with Crippen molar-refractivity contribution in [3.63, 3.8) is 0 Å². The molecule has 2 aromatic heterocycles. The molecule has 0 radical (unpaired) electrons. The normalized spacial score (nSPS) is 18.3. The van der Waals surface area contributed by atoms with E-state index in [0.29, 0.717) is 12.6 Å². The van der Waals surface area contributed by atoms with Crippen molar-refractivity contribution in [2.45, 2.75) is 32.5 Å². The van der Waals surface area contributed by atoms with E-state index in [2.05, 4.69) is 44.0 Å². The lowest BCUT2D eigenvalue weighted by atomic mass is 10.1. The van der Waals surface area contributed by atoms with Crippen LogP contribution in [0.3, 0.4) is 0 Å². The van der Waals surface area contributed by atoms with Gasteiger partial charge in [0.2, 0.25) is 0 Å². The first-order valence-corrected chi connectivity index (χ1v) is 9.22. The molecule has 0 spiro atoms. The number of nitrogens with one attached hydrogen (secondary N) is 1. The van der Waals surface area contributed by atoms with Crippen molar-refractivity contribution in [1.29, 1.82) is 0 Å². The van der Waals surface area contributed by atoms with Crippen molar-refractivity contribution in [2.24, 2.45) is 0 Å². The monoisotopic (exact) mass is 348 g/mol. The highest BCUT2D eigenvalue weighted by Crippen LogP contribution is 2.23. The minimum absolute atomic E-state index is 0.00505. The Labute approximate surface area is 146 Å². The Balaban J connectivity index is 1.45. The topological polar surface area (TPSA) is 66.3 Å². The molecule has 0 unspecified atom stereocenters. The van der Waals surface area contributed by atoms with E-state index in [1.54, 1.807) is 22.3 Å². The van der Waals surface area contributed by atoms with Crippen LogP contribution in [0.1, 0.15) is 25.5 Å². The smallest absolute Gasteiger partial charge is 0.317 e. The minimum Gasteiger partial charge on any atom is -0.334 e. The zero-order chi connectivity index (χ0) is 16.9. The van der Waals surface area contributed by atoms with Crippen molar-refractivity contribution in [3.8, 4) is 0 Å². The zero-order valence-corrected chi connectivity index (χ0v) is 14.9. The molecule has 0 aromatic carbocycles. The molecule has 0 bridgehead atoms. The predicted octanol–water partition coefficient (Wildman–Crippen LogP) is 1.82. The van der Waals surface area contributed by atoms with Gasteiger partial charge in [-0.1, -0.05) is 0 Å². The van der Waals surface area contributed by atoms with Crippen molar-refractivity contribution in [2.75, 3.05) is 26.2 Å². The largest absolute Gasteiger partial charge is 0.334 e. The highest BCUT2D eigenvalue weighted by atomic mass is 32.1. The molecular formula is C16H24N6OS. The van der Waals surface area contributed by atoms with Gasteiger partial charge in [-0.25, -0.2) is 9.78 Å². The summed E-state index contributed by atoms with van der Waals surface area (Å²) >= 11 is 1.73. The van der Waals surface area contributed by atoms with Gasteiger partial charge in [0.25, 0.3) is 0 Å². The highest BCUT2D eigenvalue weighted by molar-refractivity contribution is 7.07. The molecule has 130 valence electrons. The lowest BCUT2D eigenvalue weighted by molar-refractivity contribution is 0.112. The molecule has 1 aliphatic heterocycles. The number of rotatable bonds is 5. The quantitative estimate of drug-likeness (QED) is 0.895. The van der Waals surface area contributed by atoms with E-state index in [-0.39, 0.29) is 12.1 Å². The molecule has 2 aromatic rings. The summed E-state index contributed by atoms with van der Waals surface area (Å²) in [4.78, 5) is 20.6. The number of hydrogen-bond donors (Lipinski definition) is 1. The van der Waals surface area contributed by atoms with Gasteiger partial charge in [-0.05, 0) is 36.2 Å². The van der Waals surface area contributed by atoms with E-state index in [4.69, 9.17) is 0 Å². The molecule has 1 aliphatic rings. The number of amides is 2. The Morgan fingerprint density at radius 1 is 1.33 bits per heavy atom. The molecule has 2 atom stereocenters. The Bertz CT molecular complexity index is 621. The van der Waals surface area contributed by atoms with Crippen LogP contribution in [0.15, 0.2) is 29.5 Å². The van der Waals surface area contributed by atoms with Crippen LogP contribution in [0.4, 0.5) is 4.79 Å². The highest BCUT2D eigenvalue weighted by Gasteiger charge is 2.25. The molecule has 0 saturated carbocycles. The standard InChI is InChI=1S/C16H24N6OS/c1-13(9-22-12-17-11-18-22)19-16(23)21-6-4-20(5-7-21)14(2)15-3-8-24-10-15/h3,8,10-14H,4-7,9H2,1-2H3,(H,19,23)/t13-,14+/m0/s1. The van der Waals surface area contributed by atoms with Crippen LogP contribution in [-0.2, 0) is 6.54 Å². The maximum atomic E-state index is 12.4. The van der Waals surface area contributed by atoms with E-state index in [1.165, 1.54) is 11.9 Å². The lowest BCUT2D eigenvalue weighted by Gasteiger charge is -2.38. The Kier molecular flexibility index (Phi) is 5.47. The summed E-state index contributed by atoms with van der Waals surface area (Å²) in [6, 6.07) is 2.61.